The number of alkyl halides is 1. The molecular weight excluding hydrogens is 305 g/mol. The van der Waals surface area contributed by atoms with Crippen LogP contribution in [-0.2, 0) is 10.0 Å². The van der Waals surface area contributed by atoms with E-state index in [4.69, 9.17) is 34.8 Å². The van der Waals surface area contributed by atoms with Gasteiger partial charge in [0.15, 0.2) is 0 Å². The van der Waals surface area contributed by atoms with E-state index in [1.54, 1.807) is 6.07 Å². The van der Waals surface area contributed by atoms with Gasteiger partial charge < -0.3 is 0 Å². The molecule has 1 aliphatic heterocycles. The average molecular weight is 315 g/mol. The van der Waals surface area contributed by atoms with Gasteiger partial charge >= 0.3 is 0 Å². The van der Waals surface area contributed by atoms with Crippen molar-refractivity contribution in [2.75, 3.05) is 13.1 Å². The zero-order valence-electron chi connectivity index (χ0n) is 8.74. The maximum atomic E-state index is 12.3. The Morgan fingerprint density at radius 2 is 2.00 bits per heavy atom. The molecule has 1 unspecified atom stereocenters. The topological polar surface area (TPSA) is 37.4 Å². The monoisotopic (exact) mass is 313 g/mol. The van der Waals surface area contributed by atoms with Crippen LogP contribution < -0.4 is 0 Å². The number of rotatable bonds is 2. The van der Waals surface area contributed by atoms with Crippen molar-refractivity contribution in [1.29, 1.82) is 0 Å². The van der Waals surface area contributed by atoms with Crippen LogP contribution in [0.25, 0.3) is 0 Å². The SMILES string of the molecule is O=S(=O)(c1cc(Cl)ccc1Cl)N1CCC(Cl)C1. The lowest BCUT2D eigenvalue weighted by Crippen LogP contribution is -2.29. The molecule has 3 nitrogen and oxygen atoms in total. The lowest BCUT2D eigenvalue weighted by molar-refractivity contribution is 0.478. The summed E-state index contributed by atoms with van der Waals surface area (Å²) in [6, 6.07) is 4.39. The summed E-state index contributed by atoms with van der Waals surface area (Å²) in [7, 11) is -3.59. The normalized spacial score (nSPS) is 21.9. The van der Waals surface area contributed by atoms with Crippen LogP contribution in [-0.4, -0.2) is 31.2 Å². The highest BCUT2D eigenvalue weighted by Gasteiger charge is 2.32. The minimum atomic E-state index is -3.59. The van der Waals surface area contributed by atoms with Crippen LogP contribution in [0, 0.1) is 0 Å². The van der Waals surface area contributed by atoms with Gasteiger partial charge in [0.05, 0.1) is 5.02 Å². The van der Waals surface area contributed by atoms with Crippen LogP contribution in [0.5, 0.6) is 0 Å². The van der Waals surface area contributed by atoms with E-state index in [1.165, 1.54) is 16.4 Å². The van der Waals surface area contributed by atoms with Gasteiger partial charge in [0.2, 0.25) is 10.0 Å². The summed E-state index contributed by atoms with van der Waals surface area (Å²) < 4.78 is 25.9. The molecule has 0 aliphatic carbocycles. The predicted molar refractivity (Wildman–Crippen MR) is 69.5 cm³/mol. The third kappa shape index (κ3) is 2.71. The second-order valence-corrected chi connectivity index (χ2v) is 7.19. The van der Waals surface area contributed by atoms with E-state index in [9.17, 15) is 8.42 Å². The second-order valence-electron chi connectivity index (χ2n) is 3.82. The van der Waals surface area contributed by atoms with Gasteiger partial charge in [0.1, 0.15) is 4.90 Å². The number of halogens is 3. The largest absolute Gasteiger partial charge is 0.244 e. The minimum Gasteiger partial charge on any atom is -0.207 e. The highest BCUT2D eigenvalue weighted by atomic mass is 35.5. The van der Waals surface area contributed by atoms with Crippen LogP contribution in [0.2, 0.25) is 10.0 Å². The first-order chi connectivity index (χ1) is 7.91. The number of nitrogens with zero attached hydrogens (tertiary/aromatic N) is 1. The second kappa shape index (κ2) is 4.94. The van der Waals surface area contributed by atoms with Crippen molar-refractivity contribution in [2.24, 2.45) is 0 Å². The zero-order chi connectivity index (χ0) is 12.6. The van der Waals surface area contributed by atoms with E-state index in [2.05, 4.69) is 0 Å². The Hall–Kier alpha value is -0.0000000000000000555. The van der Waals surface area contributed by atoms with Crippen LogP contribution in [0.4, 0.5) is 0 Å². The molecule has 1 aromatic rings. The number of hydrogen-bond donors (Lipinski definition) is 0. The number of sulfonamides is 1. The molecule has 1 heterocycles. The van der Waals surface area contributed by atoms with E-state index in [1.807, 2.05) is 0 Å². The summed E-state index contributed by atoms with van der Waals surface area (Å²) >= 11 is 17.6. The fraction of sp³-hybridized carbons (Fsp3) is 0.400. The van der Waals surface area contributed by atoms with Crippen molar-refractivity contribution in [3.8, 4) is 0 Å². The fourth-order valence-electron chi connectivity index (χ4n) is 1.72. The van der Waals surface area contributed by atoms with E-state index in [0.717, 1.165) is 0 Å². The first-order valence-corrected chi connectivity index (χ1v) is 7.64. The Morgan fingerprint density at radius 1 is 1.29 bits per heavy atom. The highest BCUT2D eigenvalue weighted by molar-refractivity contribution is 7.89. The number of hydrogen-bond acceptors (Lipinski definition) is 2. The molecule has 94 valence electrons. The van der Waals surface area contributed by atoms with E-state index in [-0.39, 0.29) is 15.3 Å². The van der Waals surface area contributed by atoms with Gasteiger partial charge in [0, 0.05) is 23.5 Å². The molecule has 0 N–H and O–H groups in total. The van der Waals surface area contributed by atoms with Gasteiger partial charge in [-0.15, -0.1) is 11.6 Å². The van der Waals surface area contributed by atoms with Gasteiger partial charge in [0.25, 0.3) is 0 Å². The van der Waals surface area contributed by atoms with Crippen molar-refractivity contribution >= 4 is 44.8 Å². The summed E-state index contributed by atoms with van der Waals surface area (Å²) in [6.07, 6.45) is 0.652. The van der Waals surface area contributed by atoms with Crippen LogP contribution in [0.15, 0.2) is 23.1 Å². The van der Waals surface area contributed by atoms with E-state index < -0.39 is 10.0 Å². The third-order valence-corrected chi connectivity index (χ3v) is 5.54. The Labute approximate surface area is 115 Å². The molecule has 17 heavy (non-hydrogen) atoms. The lowest BCUT2D eigenvalue weighted by atomic mass is 10.4. The average Bonchev–Trinajstić information content (AvgIpc) is 2.69. The zero-order valence-corrected chi connectivity index (χ0v) is 11.8. The Bertz CT molecular complexity index is 532. The lowest BCUT2D eigenvalue weighted by Gasteiger charge is -2.16. The Kier molecular flexibility index (Phi) is 3.90. The molecular formula is C10H10Cl3NO2S. The Balaban J connectivity index is 2.41. The first kappa shape index (κ1) is 13.4. The molecule has 1 fully saturated rings. The molecule has 0 saturated carbocycles. The van der Waals surface area contributed by atoms with Crippen molar-refractivity contribution in [2.45, 2.75) is 16.7 Å². The fourth-order valence-corrected chi connectivity index (χ4v) is 4.30. The molecule has 7 heteroatoms. The van der Waals surface area contributed by atoms with Crippen LogP contribution in [0.1, 0.15) is 6.42 Å². The van der Waals surface area contributed by atoms with E-state index in [0.29, 0.717) is 24.5 Å². The van der Waals surface area contributed by atoms with E-state index >= 15 is 0 Å². The van der Waals surface area contributed by atoms with Crippen molar-refractivity contribution in [1.82, 2.24) is 4.31 Å². The molecule has 0 spiro atoms. The summed E-state index contributed by atoms with van der Waals surface area (Å²) in [5.74, 6) is 0. The molecule has 1 saturated heterocycles. The predicted octanol–water partition coefficient (Wildman–Crippen LogP) is 3.00. The molecule has 0 aromatic heterocycles. The molecule has 0 amide bonds. The van der Waals surface area contributed by atoms with Gasteiger partial charge in [-0.1, -0.05) is 23.2 Å². The summed E-state index contributed by atoms with van der Waals surface area (Å²) in [5.41, 5.74) is 0. The minimum absolute atomic E-state index is 0.0393. The summed E-state index contributed by atoms with van der Waals surface area (Å²) in [4.78, 5) is 0.0393. The van der Waals surface area contributed by atoms with Gasteiger partial charge in [-0.05, 0) is 24.6 Å². The third-order valence-electron chi connectivity index (χ3n) is 2.60. The molecule has 1 atom stereocenters. The highest BCUT2D eigenvalue weighted by Crippen LogP contribution is 2.30. The summed E-state index contributed by atoms with van der Waals surface area (Å²) in [6.45, 7) is 0.728. The van der Waals surface area contributed by atoms with Crippen molar-refractivity contribution < 1.29 is 8.42 Å². The number of benzene rings is 1. The first-order valence-electron chi connectivity index (χ1n) is 5.00. The molecule has 1 aliphatic rings. The van der Waals surface area contributed by atoms with Gasteiger partial charge in [-0.25, -0.2) is 8.42 Å². The van der Waals surface area contributed by atoms with Gasteiger partial charge in [-0.2, -0.15) is 4.31 Å². The van der Waals surface area contributed by atoms with Crippen molar-refractivity contribution in [3.05, 3.63) is 28.2 Å². The Morgan fingerprint density at radius 3 is 2.59 bits per heavy atom. The molecule has 0 bridgehead atoms. The maximum absolute atomic E-state index is 12.3. The smallest absolute Gasteiger partial charge is 0.207 e. The molecule has 2 rings (SSSR count). The van der Waals surface area contributed by atoms with Crippen LogP contribution >= 0.6 is 34.8 Å². The molecule has 1 aromatic carbocycles. The standard InChI is InChI=1S/C10H10Cl3NO2S/c11-7-1-2-9(13)10(5-7)17(15,16)14-4-3-8(12)6-14/h1-2,5,8H,3-4,6H2. The molecule has 0 radical (unpaired) electrons. The van der Waals surface area contributed by atoms with Gasteiger partial charge in [-0.3, -0.25) is 0 Å². The maximum Gasteiger partial charge on any atom is 0.244 e. The summed E-state index contributed by atoms with van der Waals surface area (Å²) in [5, 5.41) is 0.379. The van der Waals surface area contributed by atoms with Crippen LogP contribution in [0.3, 0.4) is 0 Å². The quantitative estimate of drug-likeness (QED) is 0.787. The van der Waals surface area contributed by atoms with Crippen molar-refractivity contribution in [3.63, 3.8) is 0 Å².